The second-order valence-electron chi connectivity index (χ2n) is 3.51. The lowest BCUT2D eigenvalue weighted by Gasteiger charge is -2.06. The number of hydrogen-bond acceptors (Lipinski definition) is 3. The Bertz CT molecular complexity index is 610. The lowest BCUT2D eigenvalue weighted by molar-refractivity contribution is 0.288. The minimum atomic E-state index is -0.476. The molecule has 0 bridgehead atoms. The van der Waals surface area contributed by atoms with Gasteiger partial charge in [-0.25, -0.2) is 9.37 Å². The van der Waals surface area contributed by atoms with Gasteiger partial charge in [0.25, 0.3) is 0 Å². The second kappa shape index (κ2) is 5.48. The molecule has 5 heteroatoms. The van der Waals surface area contributed by atoms with Gasteiger partial charge in [-0.05, 0) is 18.2 Å². The summed E-state index contributed by atoms with van der Waals surface area (Å²) >= 11 is 5.70. The van der Waals surface area contributed by atoms with Gasteiger partial charge in [0.1, 0.15) is 17.6 Å². The van der Waals surface area contributed by atoms with E-state index in [1.54, 1.807) is 18.2 Å². The van der Waals surface area contributed by atoms with E-state index in [1.165, 1.54) is 18.2 Å². The third-order valence-electron chi connectivity index (χ3n) is 2.25. The molecule has 0 atom stereocenters. The van der Waals surface area contributed by atoms with Crippen LogP contribution in [0.15, 0.2) is 36.4 Å². The minimum absolute atomic E-state index is 0.0326. The van der Waals surface area contributed by atoms with Crippen LogP contribution in [0.4, 0.5) is 4.39 Å². The first-order chi connectivity index (χ1) is 8.69. The Balaban J connectivity index is 2.09. The van der Waals surface area contributed by atoms with E-state index in [4.69, 9.17) is 21.6 Å². The van der Waals surface area contributed by atoms with Crippen LogP contribution in [0.1, 0.15) is 11.1 Å². The average Bonchev–Trinajstić information content (AvgIpc) is 2.37. The van der Waals surface area contributed by atoms with E-state index in [9.17, 15) is 4.39 Å². The molecule has 0 saturated carbocycles. The van der Waals surface area contributed by atoms with E-state index in [-0.39, 0.29) is 12.2 Å². The maximum Gasteiger partial charge on any atom is 0.214 e. The van der Waals surface area contributed by atoms with Crippen LogP contribution in [0.2, 0.25) is 5.15 Å². The lowest BCUT2D eigenvalue weighted by atomic mass is 10.1. The number of nitriles is 1. The number of ether oxygens (including phenoxy) is 1. The molecule has 1 aromatic heterocycles. The molecule has 3 nitrogen and oxygen atoms in total. The number of rotatable bonds is 3. The summed E-state index contributed by atoms with van der Waals surface area (Å²) in [5.41, 5.74) is 0.632. The van der Waals surface area contributed by atoms with E-state index in [0.717, 1.165) is 0 Å². The van der Waals surface area contributed by atoms with Gasteiger partial charge in [0, 0.05) is 11.6 Å². The highest BCUT2D eigenvalue weighted by atomic mass is 35.5. The molecule has 18 heavy (non-hydrogen) atoms. The van der Waals surface area contributed by atoms with E-state index < -0.39 is 5.82 Å². The number of aromatic nitrogens is 1. The van der Waals surface area contributed by atoms with Gasteiger partial charge in [0.2, 0.25) is 5.88 Å². The van der Waals surface area contributed by atoms with Crippen molar-refractivity contribution >= 4 is 11.6 Å². The molecule has 0 aliphatic heterocycles. The molecule has 0 amide bonds. The molecule has 0 saturated heterocycles. The number of halogens is 2. The van der Waals surface area contributed by atoms with Crippen LogP contribution >= 0.6 is 11.6 Å². The van der Waals surface area contributed by atoms with Crippen LogP contribution in [0, 0.1) is 17.1 Å². The van der Waals surface area contributed by atoms with Gasteiger partial charge < -0.3 is 4.74 Å². The highest BCUT2D eigenvalue weighted by molar-refractivity contribution is 6.29. The molecule has 0 aliphatic rings. The Morgan fingerprint density at radius 2 is 2.17 bits per heavy atom. The summed E-state index contributed by atoms with van der Waals surface area (Å²) in [5, 5.41) is 8.93. The molecule has 0 spiro atoms. The zero-order valence-corrected chi connectivity index (χ0v) is 9.99. The van der Waals surface area contributed by atoms with Crippen LogP contribution in [-0.4, -0.2) is 4.98 Å². The molecule has 0 aliphatic carbocycles. The molecule has 0 radical (unpaired) electrons. The molecule has 0 fully saturated rings. The van der Waals surface area contributed by atoms with Crippen molar-refractivity contribution in [3.05, 3.63) is 58.5 Å². The molecular formula is C13H8ClFN2O. The van der Waals surface area contributed by atoms with Crippen molar-refractivity contribution in [2.45, 2.75) is 6.61 Å². The fourth-order valence-electron chi connectivity index (χ4n) is 1.36. The highest BCUT2D eigenvalue weighted by Crippen LogP contribution is 2.15. The molecule has 2 aromatic rings. The third-order valence-corrected chi connectivity index (χ3v) is 2.46. The summed E-state index contributed by atoms with van der Waals surface area (Å²) in [6, 6.07) is 11.0. The van der Waals surface area contributed by atoms with Gasteiger partial charge in [-0.15, -0.1) is 0 Å². The number of hydrogen-bond donors (Lipinski definition) is 0. The van der Waals surface area contributed by atoms with Crippen molar-refractivity contribution in [1.82, 2.24) is 4.98 Å². The van der Waals surface area contributed by atoms with E-state index >= 15 is 0 Å². The smallest absolute Gasteiger partial charge is 0.214 e. The molecule has 0 N–H and O–H groups in total. The van der Waals surface area contributed by atoms with Crippen molar-refractivity contribution in [3.63, 3.8) is 0 Å². The molecule has 0 unspecified atom stereocenters. The Morgan fingerprint density at radius 1 is 1.33 bits per heavy atom. The summed E-state index contributed by atoms with van der Waals surface area (Å²) in [7, 11) is 0. The van der Waals surface area contributed by atoms with Crippen molar-refractivity contribution in [3.8, 4) is 11.9 Å². The van der Waals surface area contributed by atoms with E-state index in [2.05, 4.69) is 4.98 Å². The fourth-order valence-corrected chi connectivity index (χ4v) is 1.51. The van der Waals surface area contributed by atoms with E-state index in [0.29, 0.717) is 16.6 Å². The van der Waals surface area contributed by atoms with Crippen LogP contribution in [0.25, 0.3) is 0 Å². The Labute approximate surface area is 108 Å². The number of nitrogens with zero attached hydrogens (tertiary/aromatic N) is 2. The van der Waals surface area contributed by atoms with Crippen LogP contribution in [0.3, 0.4) is 0 Å². The zero-order chi connectivity index (χ0) is 13.0. The maximum absolute atomic E-state index is 13.5. The van der Waals surface area contributed by atoms with Gasteiger partial charge >= 0.3 is 0 Å². The lowest BCUT2D eigenvalue weighted by Crippen LogP contribution is -2.00. The first-order valence-corrected chi connectivity index (χ1v) is 5.51. The summed E-state index contributed by atoms with van der Waals surface area (Å²) in [5.74, 6) is -0.151. The van der Waals surface area contributed by atoms with Gasteiger partial charge in [-0.3, -0.25) is 0 Å². The monoisotopic (exact) mass is 262 g/mol. The van der Waals surface area contributed by atoms with Gasteiger partial charge in [-0.1, -0.05) is 23.7 Å². The normalized spacial score (nSPS) is 9.83. The Morgan fingerprint density at radius 3 is 2.83 bits per heavy atom. The molecule has 2 rings (SSSR count). The van der Waals surface area contributed by atoms with Crippen molar-refractivity contribution in [1.29, 1.82) is 5.26 Å². The predicted octanol–water partition coefficient (Wildman–Crippen LogP) is 3.32. The minimum Gasteiger partial charge on any atom is -0.473 e. The average molecular weight is 263 g/mol. The van der Waals surface area contributed by atoms with Crippen molar-refractivity contribution in [2.24, 2.45) is 0 Å². The largest absolute Gasteiger partial charge is 0.473 e. The van der Waals surface area contributed by atoms with Crippen LogP contribution in [-0.2, 0) is 6.61 Å². The van der Waals surface area contributed by atoms with Crippen molar-refractivity contribution in [2.75, 3.05) is 0 Å². The zero-order valence-electron chi connectivity index (χ0n) is 9.23. The summed E-state index contributed by atoms with van der Waals surface area (Å²) in [4.78, 5) is 3.92. The fraction of sp³-hybridized carbons (Fsp3) is 0.0769. The van der Waals surface area contributed by atoms with Gasteiger partial charge in [0.05, 0.1) is 11.6 Å². The topological polar surface area (TPSA) is 45.9 Å². The summed E-state index contributed by atoms with van der Waals surface area (Å²) < 4.78 is 18.9. The number of pyridine rings is 1. The molecular weight excluding hydrogens is 255 g/mol. The molecule has 90 valence electrons. The summed E-state index contributed by atoms with van der Waals surface area (Å²) in [6.45, 7) is 0.0326. The van der Waals surface area contributed by atoms with Gasteiger partial charge in [-0.2, -0.15) is 5.26 Å². The molecule has 1 aromatic carbocycles. The first kappa shape index (κ1) is 12.3. The molecule has 1 heterocycles. The van der Waals surface area contributed by atoms with Crippen LogP contribution in [0.5, 0.6) is 5.88 Å². The SMILES string of the molecule is N#Cc1ccc(COc2cccc(Cl)n2)c(F)c1. The maximum atomic E-state index is 13.5. The van der Waals surface area contributed by atoms with Crippen molar-refractivity contribution < 1.29 is 9.13 Å². The van der Waals surface area contributed by atoms with Gasteiger partial charge in [0.15, 0.2) is 0 Å². The quantitative estimate of drug-likeness (QED) is 0.797. The number of benzene rings is 1. The summed E-state index contributed by atoms with van der Waals surface area (Å²) in [6.07, 6.45) is 0. The third kappa shape index (κ3) is 2.96. The first-order valence-electron chi connectivity index (χ1n) is 5.13. The standard InChI is InChI=1S/C13H8ClFN2O/c14-12-2-1-3-13(17-12)18-8-10-5-4-9(7-16)6-11(10)15/h1-6H,8H2. The van der Waals surface area contributed by atoms with E-state index in [1.807, 2.05) is 6.07 Å². The predicted molar refractivity (Wildman–Crippen MR) is 64.7 cm³/mol. The van der Waals surface area contributed by atoms with Crippen LogP contribution < -0.4 is 4.74 Å². The second-order valence-corrected chi connectivity index (χ2v) is 3.89. The Hall–Kier alpha value is -2.12. The Kier molecular flexibility index (Phi) is 3.75. The highest BCUT2D eigenvalue weighted by Gasteiger charge is 2.05.